The van der Waals surface area contributed by atoms with E-state index in [2.05, 4.69) is 17.3 Å². The summed E-state index contributed by atoms with van der Waals surface area (Å²) in [5.74, 6) is -0.0953. The molecule has 0 fully saturated rings. The molecule has 5 heteroatoms. The van der Waals surface area contributed by atoms with Crippen LogP contribution in [0.3, 0.4) is 0 Å². The van der Waals surface area contributed by atoms with Gasteiger partial charge in [0.05, 0.1) is 17.3 Å². The molecular weight excluding hydrogens is 240 g/mol. The third-order valence-corrected chi connectivity index (χ3v) is 3.06. The number of nitrogens with two attached hydrogens (primary N) is 1. The zero-order valence-corrected chi connectivity index (χ0v) is 12.4. The topological polar surface area (TPSA) is 72.9 Å². The molecule has 0 aliphatic heterocycles. The number of hydrogen-bond donors (Lipinski definition) is 2. The maximum Gasteiger partial charge on any atom is 0.254 e. The molecule has 0 spiro atoms. The highest BCUT2D eigenvalue weighted by Gasteiger charge is 2.18. The summed E-state index contributed by atoms with van der Waals surface area (Å²) >= 11 is 0. The number of rotatable bonds is 6. The predicted octanol–water partition coefficient (Wildman–Crippen LogP) is 1.89. The quantitative estimate of drug-likeness (QED) is 0.825. The number of carbonyl (C=O) groups excluding carboxylic acids is 1. The molecule has 0 aromatic carbocycles. The predicted molar refractivity (Wildman–Crippen MR) is 77.1 cm³/mol. The lowest BCUT2D eigenvalue weighted by atomic mass is 10.1. The van der Waals surface area contributed by atoms with Gasteiger partial charge in [-0.1, -0.05) is 19.8 Å². The highest BCUT2D eigenvalue weighted by Crippen LogP contribution is 2.13. The fourth-order valence-electron chi connectivity index (χ4n) is 1.78. The Morgan fingerprint density at radius 2 is 2.21 bits per heavy atom. The average molecular weight is 266 g/mol. The second-order valence-corrected chi connectivity index (χ2v) is 5.89. The van der Waals surface area contributed by atoms with Gasteiger partial charge in [-0.3, -0.25) is 9.48 Å². The number of carbonyl (C=O) groups is 1. The van der Waals surface area contributed by atoms with Gasteiger partial charge in [-0.05, 0) is 27.2 Å². The Balaban J connectivity index is 2.64. The van der Waals surface area contributed by atoms with Gasteiger partial charge in [0.1, 0.15) is 0 Å². The lowest BCUT2D eigenvalue weighted by Crippen LogP contribution is -2.40. The fraction of sp³-hybridized carbons (Fsp3) is 0.714. The van der Waals surface area contributed by atoms with Crippen molar-refractivity contribution in [1.82, 2.24) is 15.1 Å². The van der Waals surface area contributed by atoms with E-state index in [1.165, 1.54) is 0 Å². The number of nitrogens with one attached hydrogen (secondary N) is 1. The molecule has 0 bridgehead atoms. The van der Waals surface area contributed by atoms with Gasteiger partial charge in [-0.25, -0.2) is 0 Å². The van der Waals surface area contributed by atoms with E-state index in [0.717, 1.165) is 19.3 Å². The van der Waals surface area contributed by atoms with E-state index in [4.69, 9.17) is 5.73 Å². The standard InChI is InChI=1S/C14H26N4O/c1-5-6-7-12(8-15)17-13(19)11-9-16-18(10-11)14(2,3)4/h9-10,12H,5-8,15H2,1-4H3,(H,17,19). The maximum absolute atomic E-state index is 12.1. The van der Waals surface area contributed by atoms with Crippen molar-refractivity contribution in [3.8, 4) is 0 Å². The number of nitrogens with zero attached hydrogens (tertiary/aromatic N) is 2. The molecule has 108 valence electrons. The van der Waals surface area contributed by atoms with Crippen molar-refractivity contribution in [2.45, 2.75) is 58.5 Å². The van der Waals surface area contributed by atoms with Crippen LogP contribution in [0.1, 0.15) is 57.3 Å². The van der Waals surface area contributed by atoms with Gasteiger partial charge < -0.3 is 11.1 Å². The van der Waals surface area contributed by atoms with Crippen molar-refractivity contribution in [2.75, 3.05) is 6.54 Å². The molecule has 1 atom stereocenters. The summed E-state index contributed by atoms with van der Waals surface area (Å²) < 4.78 is 1.80. The Morgan fingerprint density at radius 1 is 1.53 bits per heavy atom. The number of unbranched alkanes of at least 4 members (excludes halogenated alkanes) is 1. The number of hydrogen-bond acceptors (Lipinski definition) is 3. The molecule has 1 amide bonds. The molecule has 0 saturated carbocycles. The highest BCUT2D eigenvalue weighted by atomic mass is 16.1. The third-order valence-electron chi connectivity index (χ3n) is 3.06. The van der Waals surface area contributed by atoms with E-state index in [1.807, 2.05) is 20.8 Å². The Morgan fingerprint density at radius 3 is 2.68 bits per heavy atom. The highest BCUT2D eigenvalue weighted by molar-refractivity contribution is 5.93. The fourth-order valence-corrected chi connectivity index (χ4v) is 1.78. The smallest absolute Gasteiger partial charge is 0.254 e. The summed E-state index contributed by atoms with van der Waals surface area (Å²) in [6, 6.07) is 0.0467. The Bertz CT molecular complexity index is 406. The Kier molecular flexibility index (Phi) is 5.54. The molecule has 5 nitrogen and oxygen atoms in total. The summed E-state index contributed by atoms with van der Waals surface area (Å²) in [5, 5.41) is 7.19. The Labute approximate surface area is 115 Å². The van der Waals surface area contributed by atoms with Crippen molar-refractivity contribution in [2.24, 2.45) is 5.73 Å². The first-order valence-corrected chi connectivity index (χ1v) is 6.94. The van der Waals surface area contributed by atoms with Crippen molar-refractivity contribution in [1.29, 1.82) is 0 Å². The van der Waals surface area contributed by atoms with E-state index in [-0.39, 0.29) is 17.5 Å². The molecule has 1 heterocycles. The first-order chi connectivity index (χ1) is 8.88. The SMILES string of the molecule is CCCCC(CN)NC(=O)c1cnn(C(C)(C)C)c1. The summed E-state index contributed by atoms with van der Waals surface area (Å²) in [4.78, 5) is 12.1. The Hall–Kier alpha value is -1.36. The molecular formula is C14H26N4O. The zero-order valence-electron chi connectivity index (χ0n) is 12.4. The van der Waals surface area contributed by atoms with Crippen molar-refractivity contribution >= 4 is 5.91 Å². The molecule has 1 aromatic rings. The minimum absolute atomic E-state index is 0.0467. The molecule has 1 rings (SSSR count). The van der Waals surface area contributed by atoms with Crippen LogP contribution in [0, 0.1) is 0 Å². The van der Waals surface area contributed by atoms with Gasteiger partial charge in [0.15, 0.2) is 0 Å². The molecule has 0 aliphatic rings. The van der Waals surface area contributed by atoms with Gasteiger partial charge >= 0.3 is 0 Å². The van der Waals surface area contributed by atoms with Crippen molar-refractivity contribution < 1.29 is 4.79 Å². The molecule has 19 heavy (non-hydrogen) atoms. The molecule has 1 unspecified atom stereocenters. The van der Waals surface area contributed by atoms with E-state index >= 15 is 0 Å². The largest absolute Gasteiger partial charge is 0.348 e. The van der Waals surface area contributed by atoms with E-state index < -0.39 is 0 Å². The minimum Gasteiger partial charge on any atom is -0.348 e. The molecule has 0 aliphatic carbocycles. The summed E-state index contributed by atoms with van der Waals surface area (Å²) in [5.41, 5.74) is 6.15. The zero-order chi connectivity index (χ0) is 14.5. The van der Waals surface area contributed by atoms with E-state index in [1.54, 1.807) is 17.1 Å². The van der Waals surface area contributed by atoms with Crippen LogP contribution in [-0.4, -0.2) is 28.3 Å². The maximum atomic E-state index is 12.1. The van der Waals surface area contributed by atoms with Crippen LogP contribution < -0.4 is 11.1 Å². The molecule has 3 N–H and O–H groups in total. The first-order valence-electron chi connectivity index (χ1n) is 6.94. The van der Waals surface area contributed by atoms with Crippen LogP contribution in [0.15, 0.2) is 12.4 Å². The van der Waals surface area contributed by atoms with Crippen LogP contribution in [0.25, 0.3) is 0 Å². The molecule has 0 radical (unpaired) electrons. The van der Waals surface area contributed by atoms with Crippen LogP contribution in [0.2, 0.25) is 0 Å². The lowest BCUT2D eigenvalue weighted by molar-refractivity contribution is 0.0935. The van der Waals surface area contributed by atoms with Crippen LogP contribution in [-0.2, 0) is 5.54 Å². The van der Waals surface area contributed by atoms with Crippen LogP contribution in [0.5, 0.6) is 0 Å². The van der Waals surface area contributed by atoms with Gasteiger partial charge in [0, 0.05) is 18.8 Å². The van der Waals surface area contributed by atoms with Crippen molar-refractivity contribution in [3.05, 3.63) is 18.0 Å². The average Bonchev–Trinajstić information content (AvgIpc) is 2.83. The summed E-state index contributed by atoms with van der Waals surface area (Å²) in [6.45, 7) is 8.74. The van der Waals surface area contributed by atoms with Gasteiger partial charge in [0.25, 0.3) is 5.91 Å². The summed E-state index contributed by atoms with van der Waals surface area (Å²) in [6.07, 6.45) is 6.49. The number of aromatic nitrogens is 2. The van der Waals surface area contributed by atoms with Gasteiger partial charge in [-0.15, -0.1) is 0 Å². The van der Waals surface area contributed by atoms with Gasteiger partial charge in [-0.2, -0.15) is 5.10 Å². The van der Waals surface area contributed by atoms with E-state index in [0.29, 0.717) is 12.1 Å². The third kappa shape index (κ3) is 4.67. The second-order valence-electron chi connectivity index (χ2n) is 5.89. The van der Waals surface area contributed by atoms with Crippen LogP contribution in [0.4, 0.5) is 0 Å². The summed E-state index contributed by atoms with van der Waals surface area (Å²) in [7, 11) is 0. The lowest BCUT2D eigenvalue weighted by Gasteiger charge is -2.19. The first kappa shape index (κ1) is 15.7. The second kappa shape index (κ2) is 6.70. The molecule has 1 aromatic heterocycles. The van der Waals surface area contributed by atoms with Gasteiger partial charge in [0.2, 0.25) is 0 Å². The molecule has 0 saturated heterocycles. The monoisotopic (exact) mass is 266 g/mol. The van der Waals surface area contributed by atoms with E-state index in [9.17, 15) is 4.79 Å². The van der Waals surface area contributed by atoms with Crippen molar-refractivity contribution in [3.63, 3.8) is 0 Å². The van der Waals surface area contributed by atoms with Crippen LogP contribution >= 0.6 is 0 Å². The normalized spacial score (nSPS) is 13.3. The number of amides is 1. The minimum atomic E-state index is -0.117.